The van der Waals surface area contributed by atoms with Gasteiger partial charge in [0.05, 0.1) is 40.0 Å². The topological polar surface area (TPSA) is 78.4 Å². The number of hydrogen-bond donors (Lipinski definition) is 1. The summed E-state index contributed by atoms with van der Waals surface area (Å²) in [5.74, 6) is 2.72. The first-order valence-corrected chi connectivity index (χ1v) is 10.8. The summed E-state index contributed by atoms with van der Waals surface area (Å²) in [7, 11) is 6.46. The minimum absolute atomic E-state index is 0.174. The first kappa shape index (κ1) is 23.6. The predicted octanol–water partition coefficient (Wildman–Crippen LogP) is 3.78. The number of nitrogens with zero attached hydrogens (tertiary/aromatic N) is 1. The molecular formula is C25H32N2O5. The molecule has 0 saturated heterocycles. The van der Waals surface area contributed by atoms with E-state index >= 15 is 0 Å². The third kappa shape index (κ3) is 5.79. The van der Waals surface area contributed by atoms with Gasteiger partial charge in [0.25, 0.3) is 0 Å². The molecule has 3 rings (SSSR count). The molecule has 7 heteroatoms. The summed E-state index contributed by atoms with van der Waals surface area (Å²) in [5.41, 5.74) is 2.83. The molecule has 0 amide bonds. The van der Waals surface area contributed by atoms with Gasteiger partial charge in [-0.05, 0) is 61.7 Å². The largest absolute Gasteiger partial charge is 0.493 e. The van der Waals surface area contributed by atoms with Crippen molar-refractivity contribution in [3.05, 3.63) is 41.5 Å². The fraction of sp³-hybridized carbons (Fsp3) is 0.440. The highest BCUT2D eigenvalue weighted by Crippen LogP contribution is 2.36. The summed E-state index contributed by atoms with van der Waals surface area (Å²) >= 11 is 0. The van der Waals surface area contributed by atoms with Crippen molar-refractivity contribution in [3.8, 4) is 23.0 Å². The Kier molecular flexibility index (Phi) is 8.50. The summed E-state index contributed by atoms with van der Waals surface area (Å²) in [4.78, 5) is 17.3. The molecule has 0 radical (unpaired) electrons. The molecule has 0 bridgehead atoms. The highest BCUT2D eigenvalue weighted by molar-refractivity contribution is 5.99. The van der Waals surface area contributed by atoms with Gasteiger partial charge in [-0.3, -0.25) is 9.79 Å². The molecule has 1 aliphatic heterocycles. The van der Waals surface area contributed by atoms with Crippen molar-refractivity contribution in [2.24, 2.45) is 10.9 Å². The third-order valence-electron chi connectivity index (χ3n) is 5.66. The lowest BCUT2D eigenvalue weighted by molar-refractivity contribution is -0.120. The molecular weight excluding hydrogens is 408 g/mol. The molecule has 1 N–H and O–H groups in total. The summed E-state index contributed by atoms with van der Waals surface area (Å²) in [6.45, 7) is 1.70. The molecule has 1 aliphatic rings. The van der Waals surface area contributed by atoms with E-state index in [0.29, 0.717) is 17.9 Å². The number of aliphatic imine (C=N–C) groups is 1. The van der Waals surface area contributed by atoms with Gasteiger partial charge in [0.15, 0.2) is 23.0 Å². The lowest BCUT2D eigenvalue weighted by Gasteiger charge is -2.12. The van der Waals surface area contributed by atoms with Crippen LogP contribution in [0.4, 0.5) is 5.69 Å². The van der Waals surface area contributed by atoms with Crippen LogP contribution in [0.3, 0.4) is 0 Å². The van der Waals surface area contributed by atoms with Crippen LogP contribution in [-0.2, 0) is 17.6 Å². The van der Waals surface area contributed by atoms with Gasteiger partial charge in [-0.15, -0.1) is 0 Å². The van der Waals surface area contributed by atoms with Crippen LogP contribution >= 0.6 is 0 Å². The summed E-state index contributed by atoms with van der Waals surface area (Å²) in [5, 5.41) is 3.46. The van der Waals surface area contributed by atoms with E-state index in [1.807, 2.05) is 30.3 Å². The molecule has 7 nitrogen and oxygen atoms in total. The van der Waals surface area contributed by atoms with Gasteiger partial charge in [-0.1, -0.05) is 6.07 Å². The molecule has 2 aromatic rings. The van der Waals surface area contributed by atoms with Gasteiger partial charge in [0.1, 0.15) is 5.78 Å². The molecule has 0 aromatic heterocycles. The lowest BCUT2D eigenvalue weighted by Crippen LogP contribution is -2.22. The van der Waals surface area contributed by atoms with E-state index in [2.05, 4.69) is 10.3 Å². The third-order valence-corrected chi connectivity index (χ3v) is 5.66. The number of benzene rings is 2. The molecule has 1 atom stereocenters. The van der Waals surface area contributed by atoms with E-state index in [1.165, 1.54) is 5.56 Å². The Bertz CT molecular complexity index is 958. The zero-order valence-electron chi connectivity index (χ0n) is 19.3. The highest BCUT2D eigenvalue weighted by Gasteiger charge is 2.22. The van der Waals surface area contributed by atoms with E-state index in [0.717, 1.165) is 55.1 Å². The maximum absolute atomic E-state index is 12.7. The quantitative estimate of drug-likeness (QED) is 0.536. The van der Waals surface area contributed by atoms with Crippen molar-refractivity contribution < 1.29 is 23.7 Å². The second-order valence-electron chi connectivity index (χ2n) is 7.70. The zero-order valence-corrected chi connectivity index (χ0v) is 19.3. The van der Waals surface area contributed by atoms with Crippen molar-refractivity contribution in [2.75, 3.05) is 41.5 Å². The smallest absolute Gasteiger partial charge is 0.162 e. The van der Waals surface area contributed by atoms with Crippen molar-refractivity contribution >= 4 is 17.7 Å². The average Bonchev–Trinajstić information content (AvgIpc) is 2.97. The molecule has 0 spiro atoms. The zero-order chi connectivity index (χ0) is 22.9. The Morgan fingerprint density at radius 3 is 2.31 bits per heavy atom. The normalized spacial score (nSPS) is 15.1. The number of carbonyl (C=O) groups is 1. The number of nitrogens with one attached hydrogen (secondary N) is 1. The fourth-order valence-corrected chi connectivity index (χ4v) is 3.82. The minimum Gasteiger partial charge on any atom is -0.493 e. The fourth-order valence-electron chi connectivity index (χ4n) is 3.82. The Morgan fingerprint density at radius 1 is 0.906 bits per heavy atom. The second-order valence-corrected chi connectivity index (χ2v) is 7.70. The van der Waals surface area contributed by atoms with Gasteiger partial charge in [0, 0.05) is 18.7 Å². The van der Waals surface area contributed by atoms with Crippen LogP contribution < -0.4 is 24.3 Å². The number of Topliss-reactive ketones (excluding diaryl/α,β-unsaturated/α-hetero) is 1. The first-order chi connectivity index (χ1) is 15.6. The molecule has 32 heavy (non-hydrogen) atoms. The van der Waals surface area contributed by atoms with E-state index in [4.69, 9.17) is 18.9 Å². The SMILES string of the molecule is COc1ccc(CCNCCCC2C=Nc3cc(OC)c(OC)cc3CC2=O)cc1OC. The number of methoxy groups -OCH3 is 4. The van der Waals surface area contributed by atoms with Gasteiger partial charge in [0.2, 0.25) is 0 Å². The number of rotatable bonds is 11. The van der Waals surface area contributed by atoms with Gasteiger partial charge in [-0.25, -0.2) is 0 Å². The van der Waals surface area contributed by atoms with Gasteiger partial charge >= 0.3 is 0 Å². The number of ether oxygens (including phenoxy) is 4. The minimum atomic E-state index is -0.174. The van der Waals surface area contributed by atoms with Crippen molar-refractivity contribution in [3.63, 3.8) is 0 Å². The first-order valence-electron chi connectivity index (χ1n) is 10.8. The van der Waals surface area contributed by atoms with Gasteiger partial charge in [-0.2, -0.15) is 0 Å². The van der Waals surface area contributed by atoms with Crippen LogP contribution in [0.5, 0.6) is 23.0 Å². The Labute approximate surface area is 189 Å². The highest BCUT2D eigenvalue weighted by atomic mass is 16.5. The Morgan fingerprint density at radius 2 is 1.59 bits per heavy atom. The van der Waals surface area contributed by atoms with Crippen LogP contribution in [0, 0.1) is 5.92 Å². The molecule has 0 aliphatic carbocycles. The van der Waals surface area contributed by atoms with E-state index in [-0.39, 0.29) is 11.7 Å². The summed E-state index contributed by atoms with van der Waals surface area (Å²) in [6.07, 6.45) is 4.70. The lowest BCUT2D eigenvalue weighted by atomic mass is 9.95. The van der Waals surface area contributed by atoms with Crippen molar-refractivity contribution in [2.45, 2.75) is 25.7 Å². The number of fused-ring (bicyclic) bond motifs is 1. The number of ketones is 1. The van der Waals surface area contributed by atoms with Gasteiger partial charge < -0.3 is 24.3 Å². The van der Waals surface area contributed by atoms with Crippen LogP contribution in [-0.4, -0.2) is 53.5 Å². The average molecular weight is 441 g/mol. The monoisotopic (exact) mass is 440 g/mol. The van der Waals surface area contributed by atoms with Crippen LogP contribution in [0.2, 0.25) is 0 Å². The van der Waals surface area contributed by atoms with E-state index in [1.54, 1.807) is 34.7 Å². The van der Waals surface area contributed by atoms with E-state index in [9.17, 15) is 4.79 Å². The maximum atomic E-state index is 12.7. The number of carbonyl (C=O) groups excluding carboxylic acids is 1. The molecule has 172 valence electrons. The Hall–Kier alpha value is -3.06. The molecule has 1 heterocycles. The maximum Gasteiger partial charge on any atom is 0.162 e. The van der Waals surface area contributed by atoms with Crippen molar-refractivity contribution in [1.82, 2.24) is 5.32 Å². The van der Waals surface area contributed by atoms with Crippen LogP contribution in [0.1, 0.15) is 24.0 Å². The summed E-state index contributed by atoms with van der Waals surface area (Å²) < 4.78 is 21.3. The van der Waals surface area contributed by atoms with E-state index < -0.39 is 0 Å². The second kappa shape index (κ2) is 11.5. The van der Waals surface area contributed by atoms with Crippen LogP contribution in [0.25, 0.3) is 0 Å². The van der Waals surface area contributed by atoms with Crippen LogP contribution in [0.15, 0.2) is 35.3 Å². The predicted molar refractivity (Wildman–Crippen MR) is 125 cm³/mol. The molecule has 2 aromatic carbocycles. The van der Waals surface area contributed by atoms with Crippen molar-refractivity contribution in [1.29, 1.82) is 0 Å². The molecule has 1 unspecified atom stereocenters. The standard InChI is InChI=1S/C25H32N2O5/c1-29-22-8-7-17(12-23(22)30-2)9-11-26-10-5-6-18-16-27-20-15-25(32-4)24(31-3)14-19(20)13-21(18)28/h7-8,12,14-16,18,26H,5-6,9-11,13H2,1-4H3. The molecule has 0 saturated carbocycles. The Balaban J connectivity index is 1.46. The number of hydrogen-bond acceptors (Lipinski definition) is 7. The molecule has 0 fully saturated rings. The summed E-state index contributed by atoms with van der Waals surface area (Å²) in [6, 6.07) is 9.65.